The van der Waals surface area contributed by atoms with Gasteiger partial charge in [0.1, 0.15) is 11.6 Å². The Hall–Kier alpha value is -2.43. The van der Waals surface area contributed by atoms with Crippen molar-refractivity contribution in [3.05, 3.63) is 59.6 Å². The largest absolute Gasteiger partial charge is 0.370 e. The summed E-state index contributed by atoms with van der Waals surface area (Å²) in [5, 5.41) is 6.52. The number of allylic oxidation sites excluding steroid dienone is 1. The van der Waals surface area contributed by atoms with Crippen LogP contribution in [0.3, 0.4) is 0 Å². The SMILES string of the molecule is Fc1ccccc1CCNc1nccc(NCCC2=CCCCC2)n1. The Kier molecular flexibility index (Phi) is 6.37. The van der Waals surface area contributed by atoms with Crippen LogP contribution in [0.25, 0.3) is 0 Å². The van der Waals surface area contributed by atoms with Crippen molar-refractivity contribution in [3.8, 4) is 0 Å². The smallest absolute Gasteiger partial charge is 0.224 e. The lowest BCUT2D eigenvalue weighted by atomic mass is 9.97. The van der Waals surface area contributed by atoms with E-state index in [0.717, 1.165) is 18.8 Å². The zero-order chi connectivity index (χ0) is 17.3. The number of hydrogen-bond donors (Lipinski definition) is 2. The van der Waals surface area contributed by atoms with Gasteiger partial charge in [-0.3, -0.25) is 0 Å². The number of nitrogens with one attached hydrogen (secondary N) is 2. The van der Waals surface area contributed by atoms with Crippen LogP contribution >= 0.6 is 0 Å². The number of anilines is 2. The number of benzene rings is 1. The standard InChI is InChI=1S/C20H25FN4/c21-18-9-5-4-8-17(18)11-14-23-20-24-15-12-19(25-20)22-13-10-16-6-2-1-3-7-16/h4-6,8-9,12,15H,1-3,7,10-11,13-14H2,(H2,22,23,24,25). The Balaban J connectivity index is 1.44. The molecule has 0 bridgehead atoms. The summed E-state index contributed by atoms with van der Waals surface area (Å²) in [7, 11) is 0. The molecule has 3 rings (SSSR count). The van der Waals surface area contributed by atoms with E-state index in [1.807, 2.05) is 12.1 Å². The van der Waals surface area contributed by atoms with Gasteiger partial charge in [0.15, 0.2) is 0 Å². The Labute approximate surface area is 148 Å². The molecule has 0 saturated heterocycles. The van der Waals surface area contributed by atoms with Crippen LogP contribution in [0, 0.1) is 5.82 Å². The topological polar surface area (TPSA) is 49.8 Å². The summed E-state index contributed by atoms with van der Waals surface area (Å²) in [6.45, 7) is 1.48. The summed E-state index contributed by atoms with van der Waals surface area (Å²) in [5.74, 6) is 1.22. The minimum atomic E-state index is -0.169. The van der Waals surface area contributed by atoms with E-state index in [-0.39, 0.29) is 5.82 Å². The van der Waals surface area contributed by atoms with Crippen LogP contribution in [0.2, 0.25) is 0 Å². The molecule has 0 unspecified atom stereocenters. The van der Waals surface area contributed by atoms with Crippen LogP contribution in [0.1, 0.15) is 37.7 Å². The highest BCUT2D eigenvalue weighted by Crippen LogP contribution is 2.20. The number of halogens is 1. The van der Waals surface area contributed by atoms with E-state index in [1.54, 1.807) is 23.9 Å². The first-order valence-electron chi connectivity index (χ1n) is 9.03. The molecule has 0 atom stereocenters. The average molecular weight is 340 g/mol. The molecule has 0 fully saturated rings. The van der Waals surface area contributed by atoms with E-state index in [2.05, 4.69) is 26.7 Å². The van der Waals surface area contributed by atoms with Gasteiger partial charge in [-0.1, -0.05) is 29.8 Å². The third-order valence-electron chi connectivity index (χ3n) is 4.43. The fraction of sp³-hybridized carbons (Fsp3) is 0.400. The molecule has 0 saturated carbocycles. The molecule has 132 valence electrons. The summed E-state index contributed by atoms with van der Waals surface area (Å²) in [6.07, 6.45) is 10.9. The molecule has 5 heteroatoms. The Morgan fingerprint density at radius 3 is 2.72 bits per heavy atom. The number of rotatable bonds is 8. The van der Waals surface area contributed by atoms with Gasteiger partial charge in [0.05, 0.1) is 0 Å². The third-order valence-corrected chi connectivity index (χ3v) is 4.43. The maximum atomic E-state index is 13.6. The second-order valence-electron chi connectivity index (χ2n) is 6.32. The van der Waals surface area contributed by atoms with Crippen LogP contribution < -0.4 is 10.6 Å². The number of nitrogens with zero attached hydrogens (tertiary/aromatic N) is 2. The van der Waals surface area contributed by atoms with E-state index >= 15 is 0 Å². The normalized spacial score (nSPS) is 14.0. The summed E-state index contributed by atoms with van der Waals surface area (Å²) in [5.41, 5.74) is 2.25. The maximum Gasteiger partial charge on any atom is 0.224 e. The highest BCUT2D eigenvalue weighted by Gasteiger charge is 2.05. The molecule has 1 aromatic carbocycles. The molecule has 0 spiro atoms. The molecule has 1 heterocycles. The highest BCUT2D eigenvalue weighted by atomic mass is 19.1. The van der Waals surface area contributed by atoms with Crippen molar-refractivity contribution in [2.24, 2.45) is 0 Å². The summed E-state index contributed by atoms with van der Waals surface area (Å²) >= 11 is 0. The van der Waals surface area contributed by atoms with Crippen molar-refractivity contribution >= 4 is 11.8 Å². The zero-order valence-corrected chi connectivity index (χ0v) is 14.5. The van der Waals surface area contributed by atoms with Crippen LogP contribution in [-0.4, -0.2) is 23.1 Å². The second-order valence-corrected chi connectivity index (χ2v) is 6.32. The fourth-order valence-electron chi connectivity index (χ4n) is 3.04. The Morgan fingerprint density at radius 1 is 1.00 bits per heavy atom. The summed E-state index contributed by atoms with van der Waals surface area (Å²) in [6, 6.07) is 8.71. The molecule has 1 aliphatic carbocycles. The van der Waals surface area contributed by atoms with Gasteiger partial charge in [0, 0.05) is 19.3 Å². The van der Waals surface area contributed by atoms with Crippen molar-refractivity contribution in [2.75, 3.05) is 23.7 Å². The average Bonchev–Trinajstić information content (AvgIpc) is 2.65. The van der Waals surface area contributed by atoms with Gasteiger partial charge in [0.2, 0.25) is 5.95 Å². The van der Waals surface area contributed by atoms with Gasteiger partial charge < -0.3 is 10.6 Å². The molecule has 2 N–H and O–H groups in total. The van der Waals surface area contributed by atoms with Crippen molar-refractivity contribution in [2.45, 2.75) is 38.5 Å². The molecule has 0 amide bonds. The lowest BCUT2D eigenvalue weighted by Crippen LogP contribution is -2.11. The monoisotopic (exact) mass is 340 g/mol. The predicted octanol–water partition coefficient (Wildman–Crippen LogP) is 4.57. The summed E-state index contributed by atoms with van der Waals surface area (Å²) in [4.78, 5) is 8.69. The third kappa shape index (κ3) is 5.55. The van der Waals surface area contributed by atoms with E-state index < -0.39 is 0 Å². The Morgan fingerprint density at radius 2 is 1.88 bits per heavy atom. The molecule has 1 aliphatic rings. The molecule has 0 aliphatic heterocycles. The van der Waals surface area contributed by atoms with E-state index in [4.69, 9.17) is 0 Å². The van der Waals surface area contributed by atoms with Gasteiger partial charge in [-0.2, -0.15) is 4.98 Å². The van der Waals surface area contributed by atoms with Gasteiger partial charge in [-0.05, 0) is 56.2 Å². The second kappa shape index (κ2) is 9.16. The number of hydrogen-bond acceptors (Lipinski definition) is 4. The highest BCUT2D eigenvalue weighted by molar-refractivity contribution is 5.39. The molecular weight excluding hydrogens is 315 g/mol. The minimum Gasteiger partial charge on any atom is -0.370 e. The molecular formula is C20H25FN4. The van der Waals surface area contributed by atoms with E-state index in [1.165, 1.54) is 31.7 Å². The zero-order valence-electron chi connectivity index (χ0n) is 14.5. The van der Waals surface area contributed by atoms with Crippen molar-refractivity contribution in [1.29, 1.82) is 0 Å². The number of aromatic nitrogens is 2. The predicted molar refractivity (Wildman–Crippen MR) is 100 cm³/mol. The molecule has 2 aromatic rings. The van der Waals surface area contributed by atoms with Gasteiger partial charge in [-0.25, -0.2) is 9.37 Å². The Bertz CT molecular complexity index is 714. The van der Waals surface area contributed by atoms with Crippen molar-refractivity contribution in [1.82, 2.24) is 9.97 Å². The quantitative estimate of drug-likeness (QED) is 0.691. The molecule has 25 heavy (non-hydrogen) atoms. The van der Waals surface area contributed by atoms with Gasteiger partial charge in [-0.15, -0.1) is 0 Å². The molecule has 0 radical (unpaired) electrons. The van der Waals surface area contributed by atoms with Crippen molar-refractivity contribution in [3.63, 3.8) is 0 Å². The molecule has 1 aromatic heterocycles. The van der Waals surface area contributed by atoms with E-state index in [9.17, 15) is 4.39 Å². The van der Waals surface area contributed by atoms with Crippen LogP contribution in [-0.2, 0) is 6.42 Å². The van der Waals surface area contributed by atoms with Crippen LogP contribution in [0.5, 0.6) is 0 Å². The first kappa shape index (κ1) is 17.4. The van der Waals surface area contributed by atoms with Crippen molar-refractivity contribution < 1.29 is 4.39 Å². The maximum absolute atomic E-state index is 13.6. The lowest BCUT2D eigenvalue weighted by molar-refractivity contribution is 0.610. The van der Waals surface area contributed by atoms with Crippen LogP contribution in [0.4, 0.5) is 16.2 Å². The van der Waals surface area contributed by atoms with Gasteiger partial charge >= 0.3 is 0 Å². The van der Waals surface area contributed by atoms with E-state index in [0.29, 0.717) is 24.5 Å². The van der Waals surface area contributed by atoms with Gasteiger partial charge in [0.25, 0.3) is 0 Å². The lowest BCUT2D eigenvalue weighted by Gasteiger charge is -2.13. The summed E-state index contributed by atoms with van der Waals surface area (Å²) < 4.78 is 13.6. The molecule has 4 nitrogen and oxygen atoms in total. The van der Waals surface area contributed by atoms with Crippen LogP contribution in [0.15, 0.2) is 48.2 Å². The minimum absolute atomic E-state index is 0.169. The fourth-order valence-corrected chi connectivity index (χ4v) is 3.04. The first-order valence-corrected chi connectivity index (χ1v) is 9.03. The first-order chi connectivity index (χ1) is 12.3.